The Labute approximate surface area is 231 Å². The maximum Gasteiger partial charge on any atom is 0.244 e. The van der Waals surface area contributed by atoms with Gasteiger partial charge in [0.25, 0.3) is 0 Å². The van der Waals surface area contributed by atoms with E-state index in [0.717, 1.165) is 53.8 Å². The zero-order valence-electron chi connectivity index (χ0n) is 22.6. The molecule has 8 nitrogen and oxygen atoms in total. The number of halogens is 1. The second kappa shape index (κ2) is 13.3. The summed E-state index contributed by atoms with van der Waals surface area (Å²) in [4.78, 5) is 28.8. The molecule has 1 fully saturated rings. The predicted molar refractivity (Wildman–Crippen MR) is 151 cm³/mol. The molecule has 0 saturated heterocycles. The van der Waals surface area contributed by atoms with Gasteiger partial charge in [0.2, 0.25) is 21.8 Å². The number of nitrogens with zero attached hydrogens (tertiary/aromatic N) is 2. The van der Waals surface area contributed by atoms with Gasteiger partial charge in [-0.05, 0) is 49.9 Å². The molecule has 1 aliphatic rings. The Morgan fingerprint density at radius 2 is 1.76 bits per heavy atom. The number of sulfonamides is 1. The number of nitrogens with one attached hydrogen (secondary N) is 1. The Bertz CT molecular complexity index is 1210. The van der Waals surface area contributed by atoms with Crippen molar-refractivity contribution in [2.24, 2.45) is 0 Å². The molecule has 1 unspecified atom stereocenters. The van der Waals surface area contributed by atoms with Crippen molar-refractivity contribution in [2.45, 2.75) is 71.0 Å². The van der Waals surface area contributed by atoms with Crippen LogP contribution in [0.1, 0.15) is 56.6 Å². The number of carbonyl (C=O) groups excluding carboxylic acids is 2. The van der Waals surface area contributed by atoms with Crippen LogP contribution < -0.4 is 14.4 Å². The largest absolute Gasteiger partial charge is 0.495 e. The van der Waals surface area contributed by atoms with Crippen molar-refractivity contribution in [1.82, 2.24) is 10.2 Å². The number of hydrogen-bond acceptors (Lipinski definition) is 5. The minimum Gasteiger partial charge on any atom is -0.495 e. The molecule has 0 heterocycles. The van der Waals surface area contributed by atoms with E-state index in [9.17, 15) is 18.0 Å². The van der Waals surface area contributed by atoms with Crippen LogP contribution in [-0.2, 0) is 26.2 Å². The molecule has 2 aromatic rings. The van der Waals surface area contributed by atoms with E-state index in [1.165, 1.54) is 18.1 Å². The molecule has 0 bridgehead atoms. The quantitative estimate of drug-likeness (QED) is 0.428. The third-order valence-electron chi connectivity index (χ3n) is 6.90. The average Bonchev–Trinajstić information content (AvgIpc) is 2.88. The second-order valence-electron chi connectivity index (χ2n) is 9.86. The van der Waals surface area contributed by atoms with E-state index in [1.54, 1.807) is 12.1 Å². The first-order valence-corrected chi connectivity index (χ1v) is 15.2. The molecule has 10 heteroatoms. The first-order valence-electron chi connectivity index (χ1n) is 13.0. The minimum atomic E-state index is -3.90. The van der Waals surface area contributed by atoms with Crippen LogP contribution in [0.3, 0.4) is 0 Å². The van der Waals surface area contributed by atoms with Crippen molar-refractivity contribution in [1.29, 1.82) is 0 Å². The van der Waals surface area contributed by atoms with Crippen molar-refractivity contribution in [3.63, 3.8) is 0 Å². The summed E-state index contributed by atoms with van der Waals surface area (Å²) in [6.45, 7) is 3.49. The fraction of sp³-hybridized carbons (Fsp3) is 0.500. The van der Waals surface area contributed by atoms with Gasteiger partial charge in [0.15, 0.2) is 0 Å². The smallest absolute Gasteiger partial charge is 0.244 e. The number of benzene rings is 2. The summed E-state index contributed by atoms with van der Waals surface area (Å²) in [6, 6.07) is 11.6. The molecule has 3 rings (SSSR count). The Morgan fingerprint density at radius 1 is 1.11 bits per heavy atom. The number of aryl methyl sites for hydroxylation is 1. The zero-order valence-corrected chi connectivity index (χ0v) is 24.1. The topological polar surface area (TPSA) is 96.0 Å². The van der Waals surface area contributed by atoms with Crippen LogP contribution in [-0.4, -0.2) is 57.1 Å². The van der Waals surface area contributed by atoms with E-state index in [2.05, 4.69) is 5.32 Å². The Hall–Kier alpha value is -2.78. The number of anilines is 1. The summed E-state index contributed by atoms with van der Waals surface area (Å²) in [6.07, 6.45) is 6.55. The third kappa shape index (κ3) is 7.86. The van der Waals surface area contributed by atoms with Gasteiger partial charge in [-0.2, -0.15) is 0 Å². The molecular weight excluding hydrogens is 526 g/mol. The van der Waals surface area contributed by atoms with Gasteiger partial charge < -0.3 is 15.0 Å². The van der Waals surface area contributed by atoms with Gasteiger partial charge in [-0.15, -0.1) is 0 Å². The Morgan fingerprint density at radius 3 is 2.34 bits per heavy atom. The number of amides is 2. The van der Waals surface area contributed by atoms with E-state index in [-0.39, 0.29) is 29.9 Å². The summed E-state index contributed by atoms with van der Waals surface area (Å²) < 4.78 is 32.1. The highest BCUT2D eigenvalue weighted by molar-refractivity contribution is 7.92. The highest BCUT2D eigenvalue weighted by Gasteiger charge is 2.33. The molecule has 1 N–H and O–H groups in total. The van der Waals surface area contributed by atoms with Crippen LogP contribution in [0.5, 0.6) is 5.75 Å². The fourth-order valence-electron chi connectivity index (χ4n) is 4.81. The first-order chi connectivity index (χ1) is 18.0. The van der Waals surface area contributed by atoms with E-state index in [4.69, 9.17) is 16.3 Å². The highest BCUT2D eigenvalue weighted by atomic mass is 35.5. The SMILES string of the molecule is CCC(C(=O)NC1CCCCC1)N(Cc1ccc(C)cc1)C(=O)CN(c1cc(Cl)ccc1OC)S(C)(=O)=O. The van der Waals surface area contributed by atoms with E-state index in [1.807, 2.05) is 38.1 Å². The molecule has 1 atom stereocenters. The maximum absolute atomic E-state index is 13.9. The molecule has 0 radical (unpaired) electrons. The van der Waals surface area contributed by atoms with Crippen LogP contribution in [0.25, 0.3) is 0 Å². The van der Waals surface area contributed by atoms with Crippen molar-refractivity contribution >= 4 is 39.1 Å². The normalized spacial score (nSPS) is 15.0. The number of carbonyl (C=O) groups is 2. The van der Waals surface area contributed by atoms with Gasteiger partial charge in [0.05, 0.1) is 19.1 Å². The number of ether oxygens (including phenoxy) is 1. The van der Waals surface area contributed by atoms with Crippen LogP contribution in [0, 0.1) is 6.92 Å². The third-order valence-corrected chi connectivity index (χ3v) is 8.26. The maximum atomic E-state index is 13.9. The molecular formula is C28H38ClN3O5S. The van der Waals surface area contributed by atoms with Gasteiger partial charge in [0.1, 0.15) is 18.3 Å². The molecule has 2 amide bonds. The van der Waals surface area contributed by atoms with Crippen LogP contribution in [0.2, 0.25) is 5.02 Å². The standard InChI is InChI=1S/C28H38ClN3O5S/c1-5-24(28(34)30-23-9-7-6-8-10-23)31(18-21-13-11-20(2)12-14-21)27(33)19-32(38(4,35)36)25-17-22(29)15-16-26(25)37-3/h11-17,23-24H,5-10,18-19H2,1-4H3,(H,30,34). The molecule has 2 aromatic carbocycles. The van der Waals surface area contributed by atoms with E-state index in [0.29, 0.717) is 11.4 Å². The van der Waals surface area contributed by atoms with Crippen LogP contribution in [0.4, 0.5) is 5.69 Å². The summed E-state index contributed by atoms with van der Waals surface area (Å²) in [5.74, 6) is -0.449. The Balaban J connectivity index is 1.95. The van der Waals surface area contributed by atoms with Crippen LogP contribution >= 0.6 is 11.6 Å². The van der Waals surface area contributed by atoms with Crippen molar-refractivity contribution in [3.8, 4) is 5.75 Å². The van der Waals surface area contributed by atoms with E-state index < -0.39 is 28.5 Å². The first kappa shape index (κ1) is 29.8. The van der Waals surface area contributed by atoms with Crippen molar-refractivity contribution in [3.05, 3.63) is 58.6 Å². The number of methoxy groups -OCH3 is 1. The summed E-state index contributed by atoms with van der Waals surface area (Å²) in [7, 11) is -2.49. The lowest BCUT2D eigenvalue weighted by Gasteiger charge is -2.34. The van der Waals surface area contributed by atoms with Gasteiger partial charge in [-0.3, -0.25) is 13.9 Å². The van der Waals surface area contributed by atoms with Gasteiger partial charge >= 0.3 is 0 Å². The van der Waals surface area contributed by atoms with E-state index >= 15 is 0 Å². The fourth-order valence-corrected chi connectivity index (χ4v) is 5.82. The van der Waals surface area contributed by atoms with Gasteiger partial charge in [-0.1, -0.05) is 67.6 Å². The number of rotatable bonds is 11. The Kier molecular flexibility index (Phi) is 10.4. The molecule has 1 saturated carbocycles. The molecule has 1 aliphatic carbocycles. The highest BCUT2D eigenvalue weighted by Crippen LogP contribution is 2.33. The number of hydrogen-bond donors (Lipinski definition) is 1. The van der Waals surface area contributed by atoms with Gasteiger partial charge in [0, 0.05) is 17.6 Å². The van der Waals surface area contributed by atoms with Crippen LogP contribution in [0.15, 0.2) is 42.5 Å². The lowest BCUT2D eigenvalue weighted by molar-refractivity contribution is -0.140. The lowest BCUT2D eigenvalue weighted by atomic mass is 9.95. The van der Waals surface area contributed by atoms with Crippen molar-refractivity contribution < 1.29 is 22.7 Å². The summed E-state index contributed by atoms with van der Waals surface area (Å²) in [5.41, 5.74) is 2.08. The predicted octanol–water partition coefficient (Wildman–Crippen LogP) is 4.68. The molecule has 0 aliphatic heterocycles. The summed E-state index contributed by atoms with van der Waals surface area (Å²) in [5, 5.41) is 3.44. The van der Waals surface area contributed by atoms with Crippen molar-refractivity contribution in [2.75, 3.05) is 24.2 Å². The molecule has 208 valence electrons. The second-order valence-corrected chi connectivity index (χ2v) is 12.2. The minimum absolute atomic E-state index is 0.0878. The molecule has 0 spiro atoms. The zero-order chi connectivity index (χ0) is 27.9. The van der Waals surface area contributed by atoms with Gasteiger partial charge in [-0.25, -0.2) is 8.42 Å². The summed E-state index contributed by atoms with van der Waals surface area (Å²) >= 11 is 6.17. The lowest BCUT2D eigenvalue weighted by Crippen LogP contribution is -2.54. The average molecular weight is 564 g/mol. The molecule has 38 heavy (non-hydrogen) atoms. The monoisotopic (exact) mass is 563 g/mol. The molecule has 0 aromatic heterocycles.